The molecule has 0 spiro atoms. The minimum absolute atomic E-state index is 0.152. The van der Waals surface area contributed by atoms with Gasteiger partial charge in [0.05, 0.1) is 35.8 Å². The van der Waals surface area contributed by atoms with E-state index >= 15 is 0 Å². The van der Waals surface area contributed by atoms with Crippen LogP contribution in [0.25, 0.3) is 11.3 Å². The van der Waals surface area contributed by atoms with Crippen molar-refractivity contribution in [2.45, 2.75) is 10.1 Å². The number of nitrogens with zero attached hydrogens (tertiary/aromatic N) is 3. The van der Waals surface area contributed by atoms with E-state index in [2.05, 4.69) is 10.3 Å². The first kappa shape index (κ1) is 22.5. The third-order valence-corrected chi connectivity index (χ3v) is 8.01. The molecule has 4 rings (SSSR count). The molecule has 0 aliphatic carbocycles. The fourth-order valence-corrected chi connectivity index (χ4v) is 5.61. The molecule has 0 atom stereocenters. The zero-order valence-corrected chi connectivity index (χ0v) is 19.2. The summed E-state index contributed by atoms with van der Waals surface area (Å²) in [7, 11) is -1.71. The highest BCUT2D eigenvalue weighted by atomic mass is 32.2. The van der Waals surface area contributed by atoms with Crippen molar-refractivity contribution in [1.29, 1.82) is 0 Å². The van der Waals surface area contributed by atoms with Gasteiger partial charge in [-0.25, -0.2) is 13.4 Å². The van der Waals surface area contributed by atoms with Gasteiger partial charge in [0, 0.05) is 25.8 Å². The van der Waals surface area contributed by atoms with Gasteiger partial charge in [0.1, 0.15) is 0 Å². The van der Waals surface area contributed by atoms with Gasteiger partial charge < -0.3 is 14.6 Å². The first-order valence-corrected chi connectivity index (χ1v) is 12.6. The van der Waals surface area contributed by atoms with Gasteiger partial charge in [-0.05, 0) is 23.8 Å². The number of imidazole rings is 1. The van der Waals surface area contributed by atoms with Crippen molar-refractivity contribution in [1.82, 2.24) is 13.9 Å². The van der Waals surface area contributed by atoms with Crippen molar-refractivity contribution in [2.75, 3.05) is 37.4 Å². The summed E-state index contributed by atoms with van der Waals surface area (Å²) >= 11 is 1.32. The number of amides is 1. The lowest BCUT2D eigenvalue weighted by molar-refractivity contribution is -0.113. The van der Waals surface area contributed by atoms with E-state index in [-0.39, 0.29) is 16.6 Å². The molecule has 0 saturated carbocycles. The fraction of sp³-hybridized carbons (Fsp3) is 0.273. The highest BCUT2D eigenvalue weighted by Crippen LogP contribution is 2.25. The van der Waals surface area contributed by atoms with Crippen LogP contribution in [-0.4, -0.2) is 60.2 Å². The molecular weight excluding hydrogens is 448 g/mol. The minimum Gasteiger partial charge on any atom is -0.379 e. The Morgan fingerprint density at radius 2 is 1.88 bits per heavy atom. The molecule has 1 fully saturated rings. The average Bonchev–Trinajstić information content (AvgIpc) is 3.19. The number of ether oxygens (including phenoxy) is 1. The lowest BCUT2D eigenvalue weighted by Crippen LogP contribution is -2.40. The van der Waals surface area contributed by atoms with Gasteiger partial charge in [-0.2, -0.15) is 4.31 Å². The van der Waals surface area contributed by atoms with E-state index in [1.165, 1.54) is 28.2 Å². The lowest BCUT2D eigenvalue weighted by Gasteiger charge is -2.26. The third kappa shape index (κ3) is 5.04. The number of morpholine rings is 1. The molecule has 1 amide bonds. The Hall–Kier alpha value is -2.66. The summed E-state index contributed by atoms with van der Waals surface area (Å²) < 4.78 is 34.3. The van der Waals surface area contributed by atoms with Gasteiger partial charge in [0.15, 0.2) is 5.16 Å². The second kappa shape index (κ2) is 9.86. The van der Waals surface area contributed by atoms with Gasteiger partial charge in [0.2, 0.25) is 15.9 Å². The summed E-state index contributed by atoms with van der Waals surface area (Å²) in [5.74, 6) is -0.0836. The Morgan fingerprint density at radius 1 is 1.12 bits per heavy atom. The van der Waals surface area contributed by atoms with Crippen LogP contribution in [-0.2, 0) is 26.6 Å². The van der Waals surface area contributed by atoms with Crippen LogP contribution in [0.1, 0.15) is 0 Å². The molecule has 0 radical (unpaired) electrons. The van der Waals surface area contributed by atoms with Gasteiger partial charge >= 0.3 is 0 Å². The molecule has 1 saturated heterocycles. The molecule has 1 aliphatic rings. The quantitative estimate of drug-likeness (QED) is 0.532. The maximum Gasteiger partial charge on any atom is 0.243 e. The highest BCUT2D eigenvalue weighted by Gasteiger charge is 2.26. The van der Waals surface area contributed by atoms with Crippen molar-refractivity contribution in [3.63, 3.8) is 0 Å². The average molecular weight is 473 g/mol. The summed E-state index contributed by atoms with van der Waals surface area (Å²) in [6.07, 6.45) is 1.79. The Kier molecular flexibility index (Phi) is 6.95. The SMILES string of the molecule is Cn1c(-c2ccccc2)cnc1SCC(=O)Nc1cccc(S(=O)(=O)N2CCOCC2)c1. The third-order valence-electron chi connectivity index (χ3n) is 5.07. The molecule has 1 aromatic heterocycles. The van der Waals surface area contributed by atoms with Crippen LogP contribution in [0.15, 0.2) is 70.8 Å². The molecule has 0 bridgehead atoms. The van der Waals surface area contributed by atoms with Gasteiger partial charge in [-0.3, -0.25) is 4.79 Å². The zero-order chi connectivity index (χ0) is 22.6. The number of rotatable bonds is 7. The second-order valence-electron chi connectivity index (χ2n) is 7.23. The summed E-state index contributed by atoms with van der Waals surface area (Å²) in [4.78, 5) is 17.1. The van der Waals surface area contributed by atoms with Crippen molar-refractivity contribution in [2.24, 2.45) is 7.05 Å². The largest absolute Gasteiger partial charge is 0.379 e. The fourth-order valence-electron chi connectivity index (χ4n) is 3.40. The van der Waals surface area contributed by atoms with E-state index in [4.69, 9.17) is 4.74 Å². The summed E-state index contributed by atoms with van der Waals surface area (Å²) in [5, 5.41) is 3.51. The predicted molar refractivity (Wildman–Crippen MR) is 124 cm³/mol. The molecule has 8 nitrogen and oxygen atoms in total. The van der Waals surface area contributed by atoms with E-state index in [1.807, 2.05) is 41.9 Å². The first-order chi connectivity index (χ1) is 15.4. The van der Waals surface area contributed by atoms with E-state index in [1.54, 1.807) is 18.3 Å². The highest BCUT2D eigenvalue weighted by molar-refractivity contribution is 7.99. The van der Waals surface area contributed by atoms with Gasteiger partial charge in [-0.1, -0.05) is 48.2 Å². The number of sulfonamides is 1. The Morgan fingerprint density at radius 3 is 2.62 bits per heavy atom. The Balaban J connectivity index is 1.39. The summed E-state index contributed by atoms with van der Waals surface area (Å²) in [6, 6.07) is 16.2. The van der Waals surface area contributed by atoms with Crippen molar-refractivity contribution >= 4 is 33.4 Å². The summed E-state index contributed by atoms with van der Waals surface area (Å²) in [5.41, 5.74) is 2.46. The summed E-state index contributed by atoms with van der Waals surface area (Å²) in [6.45, 7) is 1.41. The number of carbonyl (C=O) groups is 1. The zero-order valence-electron chi connectivity index (χ0n) is 17.6. The smallest absolute Gasteiger partial charge is 0.243 e. The molecular formula is C22H24N4O4S2. The number of benzene rings is 2. The topological polar surface area (TPSA) is 93.5 Å². The number of thioether (sulfide) groups is 1. The van der Waals surface area contributed by atoms with Crippen LogP contribution in [0.4, 0.5) is 5.69 Å². The minimum atomic E-state index is -3.62. The monoisotopic (exact) mass is 472 g/mol. The number of aromatic nitrogens is 2. The Labute approximate surface area is 191 Å². The van der Waals surface area contributed by atoms with Gasteiger partial charge in [0.25, 0.3) is 0 Å². The molecule has 0 unspecified atom stereocenters. The maximum absolute atomic E-state index is 12.8. The molecule has 10 heteroatoms. The lowest BCUT2D eigenvalue weighted by atomic mass is 10.2. The van der Waals surface area contributed by atoms with E-state index < -0.39 is 10.0 Å². The Bertz CT molecular complexity index is 1190. The molecule has 2 aromatic carbocycles. The number of anilines is 1. The molecule has 1 aliphatic heterocycles. The number of hydrogen-bond donors (Lipinski definition) is 1. The van der Waals surface area contributed by atoms with Crippen LogP contribution < -0.4 is 5.32 Å². The number of hydrogen-bond acceptors (Lipinski definition) is 6. The molecule has 3 aromatic rings. The van der Waals surface area contributed by atoms with E-state index in [0.29, 0.717) is 32.0 Å². The van der Waals surface area contributed by atoms with Gasteiger partial charge in [-0.15, -0.1) is 0 Å². The normalized spacial score (nSPS) is 14.9. The molecule has 168 valence electrons. The van der Waals surface area contributed by atoms with E-state index in [9.17, 15) is 13.2 Å². The molecule has 1 N–H and O–H groups in total. The van der Waals surface area contributed by atoms with Crippen LogP contribution >= 0.6 is 11.8 Å². The number of nitrogens with one attached hydrogen (secondary N) is 1. The van der Waals surface area contributed by atoms with E-state index in [0.717, 1.165) is 16.4 Å². The van der Waals surface area contributed by atoms with Crippen LogP contribution in [0.5, 0.6) is 0 Å². The van der Waals surface area contributed by atoms with Crippen LogP contribution in [0, 0.1) is 0 Å². The van der Waals surface area contributed by atoms with Crippen LogP contribution in [0.3, 0.4) is 0 Å². The number of carbonyl (C=O) groups excluding carboxylic acids is 1. The molecule has 32 heavy (non-hydrogen) atoms. The standard InChI is InChI=1S/C22H24N4O4S2/c1-25-20(17-6-3-2-4-7-17)15-23-22(25)31-16-21(27)24-18-8-5-9-19(14-18)32(28,29)26-10-12-30-13-11-26/h2-9,14-15H,10-13,16H2,1H3,(H,24,27). The maximum atomic E-state index is 12.8. The van der Waals surface area contributed by atoms with Crippen molar-refractivity contribution in [3.8, 4) is 11.3 Å². The predicted octanol–water partition coefficient (Wildman–Crippen LogP) is 2.84. The molecule has 2 heterocycles. The van der Waals surface area contributed by atoms with Crippen molar-refractivity contribution in [3.05, 3.63) is 60.8 Å². The second-order valence-corrected chi connectivity index (χ2v) is 10.1. The van der Waals surface area contributed by atoms with Crippen molar-refractivity contribution < 1.29 is 17.9 Å². The first-order valence-electron chi connectivity index (χ1n) is 10.1. The van der Waals surface area contributed by atoms with Crippen LogP contribution in [0.2, 0.25) is 0 Å².